The van der Waals surface area contributed by atoms with Crippen molar-refractivity contribution in [2.45, 2.75) is 0 Å². The van der Waals surface area contributed by atoms with Crippen molar-refractivity contribution >= 4 is 10.8 Å². The Morgan fingerprint density at radius 3 is 2.67 bits per heavy atom. The molecule has 0 unspecified atom stereocenters. The van der Waals surface area contributed by atoms with Gasteiger partial charge in [0.1, 0.15) is 0 Å². The summed E-state index contributed by atoms with van der Waals surface area (Å²) in [7, 11) is 0. The van der Waals surface area contributed by atoms with E-state index in [0.717, 1.165) is 5.39 Å². The van der Waals surface area contributed by atoms with Crippen molar-refractivity contribution in [2.75, 3.05) is 0 Å². The molecule has 0 bridgehead atoms. The Bertz CT molecular complexity index is 497. The van der Waals surface area contributed by atoms with Crippen molar-refractivity contribution in [3.63, 3.8) is 0 Å². The fraction of sp³-hybridized carbons (Fsp3) is 0. The van der Waals surface area contributed by atoms with Crippen LogP contribution in [-0.4, -0.2) is 0 Å². The van der Waals surface area contributed by atoms with E-state index in [4.69, 9.17) is 6.42 Å². The summed E-state index contributed by atoms with van der Waals surface area (Å²) >= 11 is 0. The number of hydrogen-bond donors (Lipinski definition) is 0. The van der Waals surface area contributed by atoms with Crippen molar-refractivity contribution in [1.82, 2.24) is 0 Å². The maximum absolute atomic E-state index is 13.2. The Morgan fingerprint density at radius 2 is 2.00 bits per heavy atom. The van der Waals surface area contributed by atoms with Gasteiger partial charge in [-0.1, -0.05) is 6.07 Å². The minimum absolute atomic E-state index is 0. The van der Waals surface area contributed by atoms with Gasteiger partial charge in [0.05, 0.1) is 5.82 Å². The zero-order valence-electron chi connectivity index (χ0n) is 8.84. The molecular weight excluding hydrogens is 214 g/mol. The van der Waals surface area contributed by atoms with Gasteiger partial charge >= 0.3 is 51.4 Å². The van der Waals surface area contributed by atoms with E-state index < -0.39 is 0 Å². The molecule has 2 aromatic rings. The Morgan fingerprint density at radius 1 is 1.27 bits per heavy atom. The number of benzene rings is 2. The van der Waals surface area contributed by atoms with Crippen LogP contribution < -0.4 is 51.4 Å². The number of halogens is 1. The summed E-state index contributed by atoms with van der Waals surface area (Å²) in [5.41, 5.74) is 0.290. The molecule has 2 heteroatoms. The van der Waals surface area contributed by atoms with Gasteiger partial charge in [0.15, 0.2) is 0 Å². The molecule has 0 amide bonds. The summed E-state index contributed by atoms with van der Waals surface area (Å²) < 4.78 is 13.2. The third-order valence-corrected chi connectivity index (χ3v) is 1.93. The Hall–Kier alpha value is -0.174. The molecule has 0 aromatic heterocycles. The first kappa shape index (κ1) is 14.8. The molecule has 0 atom stereocenters. The van der Waals surface area contributed by atoms with Gasteiger partial charge in [-0.3, -0.25) is 0 Å². The second-order valence-electron chi connectivity index (χ2n) is 2.70. The number of rotatable bonds is 0. The predicted octanol–water partition coefficient (Wildman–Crippen LogP) is 0.215. The molecule has 15 heavy (non-hydrogen) atoms. The van der Waals surface area contributed by atoms with E-state index in [1.807, 2.05) is 12.1 Å². The van der Waals surface area contributed by atoms with Crippen molar-refractivity contribution in [1.29, 1.82) is 0 Å². The van der Waals surface area contributed by atoms with E-state index in [0.29, 0.717) is 5.39 Å². The SMILES string of the molecule is C#Cc1c(F)ccc2ccc[c-]c12.[CH3-].[K+]. The van der Waals surface area contributed by atoms with E-state index in [2.05, 4.69) is 12.0 Å². The summed E-state index contributed by atoms with van der Waals surface area (Å²) in [6, 6.07) is 11.5. The van der Waals surface area contributed by atoms with E-state index in [-0.39, 0.29) is 70.2 Å². The van der Waals surface area contributed by atoms with Crippen molar-refractivity contribution < 1.29 is 55.8 Å². The molecule has 0 saturated carbocycles. The van der Waals surface area contributed by atoms with Gasteiger partial charge in [-0.05, 0) is 11.6 Å². The van der Waals surface area contributed by atoms with Crippen LogP contribution in [0.5, 0.6) is 0 Å². The molecule has 0 N–H and O–H groups in total. The van der Waals surface area contributed by atoms with Gasteiger partial charge in [0, 0.05) is 0 Å². The fourth-order valence-corrected chi connectivity index (χ4v) is 1.31. The molecule has 0 saturated heterocycles. The van der Waals surface area contributed by atoms with Crippen LogP contribution in [0.4, 0.5) is 4.39 Å². The van der Waals surface area contributed by atoms with Gasteiger partial charge in [0.25, 0.3) is 0 Å². The first-order valence-corrected chi connectivity index (χ1v) is 3.88. The zero-order valence-corrected chi connectivity index (χ0v) is 12.0. The number of hydrogen-bond acceptors (Lipinski definition) is 0. The molecule has 2 rings (SSSR count). The minimum atomic E-state index is -0.363. The van der Waals surface area contributed by atoms with Crippen LogP contribution in [0.1, 0.15) is 5.56 Å². The van der Waals surface area contributed by atoms with Crippen LogP contribution in [0.15, 0.2) is 30.3 Å². The van der Waals surface area contributed by atoms with Gasteiger partial charge < -0.3 is 7.43 Å². The van der Waals surface area contributed by atoms with E-state index in [1.54, 1.807) is 12.1 Å². The monoisotopic (exact) mass is 223 g/mol. The molecule has 0 radical (unpaired) electrons. The standard InChI is InChI=1S/C12H6F.CH3.K/c1-2-10-11-6-4-3-5-9(11)7-8-12(10)13;;/h1,3-5,7-8H;1H3;/q2*-1;+1. The smallest absolute Gasteiger partial charge is 0.358 e. The molecule has 2 aromatic carbocycles. The van der Waals surface area contributed by atoms with E-state index >= 15 is 0 Å². The van der Waals surface area contributed by atoms with Crippen LogP contribution in [-0.2, 0) is 0 Å². The molecule has 0 fully saturated rings. The normalized spacial score (nSPS) is 8.53. The summed E-state index contributed by atoms with van der Waals surface area (Å²) in [5, 5.41) is 1.59. The maximum atomic E-state index is 13.2. The average molecular weight is 223 g/mol. The molecule has 0 aliphatic heterocycles. The van der Waals surface area contributed by atoms with E-state index in [1.165, 1.54) is 6.07 Å². The molecule has 0 aliphatic rings. The number of terminal acetylenes is 1. The summed E-state index contributed by atoms with van der Waals surface area (Å²) in [6.45, 7) is 0. The zero-order chi connectivity index (χ0) is 9.26. The van der Waals surface area contributed by atoms with E-state index in [9.17, 15) is 4.39 Å². The molecule has 70 valence electrons. The Labute approximate surface area is 132 Å². The number of fused-ring (bicyclic) bond motifs is 1. The van der Waals surface area contributed by atoms with Gasteiger partial charge in [-0.2, -0.15) is 0 Å². The second-order valence-corrected chi connectivity index (χ2v) is 2.70. The van der Waals surface area contributed by atoms with Gasteiger partial charge in [-0.15, -0.1) is 47.4 Å². The fourth-order valence-electron chi connectivity index (χ4n) is 1.31. The molecule has 0 aliphatic carbocycles. The first-order chi connectivity index (χ1) is 6.33. The van der Waals surface area contributed by atoms with Crippen LogP contribution in [0.3, 0.4) is 0 Å². The molecule has 0 spiro atoms. The minimum Gasteiger partial charge on any atom is -0.358 e. The predicted molar refractivity (Wildman–Crippen MR) is 57.1 cm³/mol. The Kier molecular flexibility index (Phi) is 6.34. The summed E-state index contributed by atoms with van der Waals surface area (Å²) in [6.07, 6.45) is 5.21. The van der Waals surface area contributed by atoms with Crippen LogP contribution in [0.25, 0.3) is 10.8 Å². The summed E-state index contributed by atoms with van der Waals surface area (Å²) in [5.74, 6) is 1.97. The largest absolute Gasteiger partial charge is 1.00 e. The van der Waals surface area contributed by atoms with Crippen molar-refractivity contribution in [3.05, 3.63) is 55.2 Å². The maximum Gasteiger partial charge on any atom is 1.00 e. The van der Waals surface area contributed by atoms with Crippen LogP contribution in [0.2, 0.25) is 0 Å². The van der Waals surface area contributed by atoms with Crippen LogP contribution >= 0.6 is 0 Å². The third kappa shape index (κ3) is 2.90. The summed E-state index contributed by atoms with van der Waals surface area (Å²) in [4.78, 5) is 0. The van der Waals surface area contributed by atoms with Gasteiger partial charge in [-0.25, -0.2) is 4.39 Å². The Balaban J connectivity index is 0.000000980. The van der Waals surface area contributed by atoms with Crippen molar-refractivity contribution in [3.8, 4) is 12.3 Å². The quantitative estimate of drug-likeness (QED) is 0.340. The van der Waals surface area contributed by atoms with Crippen molar-refractivity contribution in [2.24, 2.45) is 0 Å². The first-order valence-electron chi connectivity index (χ1n) is 3.88. The van der Waals surface area contributed by atoms with Gasteiger partial charge in [0.2, 0.25) is 0 Å². The average Bonchev–Trinajstić information content (AvgIpc) is 2.18. The molecular formula is C13H9FK-. The molecule has 0 nitrogen and oxygen atoms in total. The second kappa shape index (κ2) is 6.42. The molecule has 0 heterocycles. The third-order valence-electron chi connectivity index (χ3n) is 1.93. The van der Waals surface area contributed by atoms with Crippen LogP contribution in [0, 0.1) is 31.7 Å². The topological polar surface area (TPSA) is 0 Å².